The first-order valence-corrected chi connectivity index (χ1v) is 8.01. The van der Waals surface area contributed by atoms with Crippen LogP contribution in [0.5, 0.6) is 5.75 Å². The summed E-state index contributed by atoms with van der Waals surface area (Å²) in [5.41, 5.74) is 2.69. The van der Waals surface area contributed by atoms with Gasteiger partial charge in [0.1, 0.15) is 11.4 Å². The first-order chi connectivity index (χ1) is 12.5. The van der Waals surface area contributed by atoms with Crippen LogP contribution in [0.1, 0.15) is 34.1 Å². The quantitative estimate of drug-likeness (QED) is 0.796. The predicted octanol–water partition coefficient (Wildman–Crippen LogP) is 1.67. The zero-order chi connectivity index (χ0) is 18.3. The molecule has 4 rings (SSSR count). The third-order valence-electron chi connectivity index (χ3n) is 4.35. The highest BCUT2D eigenvalue weighted by Gasteiger charge is 2.30. The predicted molar refractivity (Wildman–Crippen MR) is 91.2 cm³/mol. The summed E-state index contributed by atoms with van der Waals surface area (Å²) in [5, 5.41) is 5.58. The van der Waals surface area contributed by atoms with Crippen LogP contribution in [-0.2, 0) is 14.3 Å². The van der Waals surface area contributed by atoms with Crippen molar-refractivity contribution < 1.29 is 23.9 Å². The molecule has 0 aliphatic carbocycles. The van der Waals surface area contributed by atoms with Crippen LogP contribution in [0, 0.1) is 0 Å². The summed E-state index contributed by atoms with van der Waals surface area (Å²) in [6, 6.07) is 8.48. The molecule has 2 aliphatic rings. The number of pyridine rings is 1. The molecule has 0 bridgehead atoms. The standard InChI is InChI=1S/C18H15N3O5/c1-25-18(24)12-4-2-3-11(19-12)10-6-16(22)20-13-7-15-14(5-9(10)13)21-17(23)8-26-15/h2-5,7,10H,6,8H2,1H3,(H,20,22)(H,21,23)/t10-/m1/s1. The van der Waals surface area contributed by atoms with E-state index >= 15 is 0 Å². The van der Waals surface area contributed by atoms with Gasteiger partial charge in [-0.1, -0.05) is 6.07 Å². The van der Waals surface area contributed by atoms with Crippen LogP contribution in [0.15, 0.2) is 30.3 Å². The molecule has 0 radical (unpaired) electrons. The van der Waals surface area contributed by atoms with Gasteiger partial charge in [0.2, 0.25) is 5.91 Å². The van der Waals surface area contributed by atoms with Gasteiger partial charge in [0.15, 0.2) is 6.61 Å². The second-order valence-electron chi connectivity index (χ2n) is 6.02. The number of nitrogens with one attached hydrogen (secondary N) is 2. The molecule has 132 valence electrons. The van der Waals surface area contributed by atoms with Crippen molar-refractivity contribution in [3.8, 4) is 5.75 Å². The van der Waals surface area contributed by atoms with Crippen LogP contribution >= 0.6 is 0 Å². The van der Waals surface area contributed by atoms with E-state index in [1.54, 1.807) is 30.3 Å². The zero-order valence-electron chi connectivity index (χ0n) is 13.9. The van der Waals surface area contributed by atoms with Crippen molar-refractivity contribution in [2.45, 2.75) is 12.3 Å². The number of aromatic nitrogens is 1. The molecule has 1 aromatic carbocycles. The molecule has 2 N–H and O–H groups in total. The number of fused-ring (bicyclic) bond motifs is 2. The molecule has 8 nitrogen and oxygen atoms in total. The second kappa shape index (κ2) is 6.14. The molecular weight excluding hydrogens is 338 g/mol. The summed E-state index contributed by atoms with van der Waals surface area (Å²) in [6.07, 6.45) is 0.179. The third kappa shape index (κ3) is 2.75. The van der Waals surface area contributed by atoms with E-state index in [9.17, 15) is 14.4 Å². The molecule has 2 amide bonds. The summed E-state index contributed by atoms with van der Waals surface area (Å²) >= 11 is 0. The third-order valence-corrected chi connectivity index (χ3v) is 4.35. The topological polar surface area (TPSA) is 107 Å². The van der Waals surface area contributed by atoms with Crippen LogP contribution in [0.4, 0.5) is 11.4 Å². The van der Waals surface area contributed by atoms with Gasteiger partial charge in [-0.3, -0.25) is 9.59 Å². The van der Waals surface area contributed by atoms with E-state index in [-0.39, 0.29) is 36.5 Å². The molecule has 26 heavy (non-hydrogen) atoms. The fourth-order valence-corrected chi connectivity index (χ4v) is 3.16. The average Bonchev–Trinajstić information content (AvgIpc) is 2.65. The summed E-state index contributed by atoms with van der Waals surface area (Å²) in [5.74, 6) is -0.793. The van der Waals surface area contributed by atoms with Gasteiger partial charge in [-0.15, -0.1) is 0 Å². The molecule has 0 unspecified atom stereocenters. The van der Waals surface area contributed by atoms with Crippen molar-refractivity contribution in [2.24, 2.45) is 0 Å². The summed E-state index contributed by atoms with van der Waals surface area (Å²) in [7, 11) is 1.29. The molecular formula is C18H15N3O5. The first-order valence-electron chi connectivity index (χ1n) is 8.01. The molecule has 0 saturated carbocycles. The maximum atomic E-state index is 12.2. The van der Waals surface area contributed by atoms with Crippen molar-refractivity contribution in [1.29, 1.82) is 0 Å². The second-order valence-corrected chi connectivity index (χ2v) is 6.02. The Labute approximate surface area is 148 Å². The fourth-order valence-electron chi connectivity index (χ4n) is 3.16. The van der Waals surface area contributed by atoms with Crippen LogP contribution < -0.4 is 15.4 Å². The highest BCUT2D eigenvalue weighted by atomic mass is 16.5. The minimum atomic E-state index is -0.543. The highest BCUT2D eigenvalue weighted by molar-refractivity contribution is 5.99. The Balaban J connectivity index is 1.80. The van der Waals surface area contributed by atoms with Gasteiger partial charge >= 0.3 is 5.97 Å². The number of nitrogens with zero attached hydrogens (tertiary/aromatic N) is 1. The van der Waals surface area contributed by atoms with Gasteiger partial charge in [0.25, 0.3) is 5.91 Å². The van der Waals surface area contributed by atoms with Gasteiger partial charge in [0.05, 0.1) is 12.8 Å². The van der Waals surface area contributed by atoms with Gasteiger partial charge < -0.3 is 20.1 Å². The number of amides is 2. The number of rotatable bonds is 2. The summed E-state index contributed by atoms with van der Waals surface area (Å²) < 4.78 is 10.1. The minimum Gasteiger partial charge on any atom is -0.482 e. The fraction of sp³-hybridized carbons (Fsp3) is 0.222. The van der Waals surface area contributed by atoms with Crippen molar-refractivity contribution in [1.82, 2.24) is 4.98 Å². The van der Waals surface area contributed by atoms with Crippen molar-refractivity contribution in [2.75, 3.05) is 24.4 Å². The normalized spacial score (nSPS) is 18.0. The van der Waals surface area contributed by atoms with E-state index in [0.29, 0.717) is 22.8 Å². The monoisotopic (exact) mass is 353 g/mol. The smallest absolute Gasteiger partial charge is 0.356 e. The lowest BCUT2D eigenvalue weighted by Gasteiger charge is -2.28. The lowest BCUT2D eigenvalue weighted by molar-refractivity contribution is -0.119. The van der Waals surface area contributed by atoms with E-state index in [1.165, 1.54) is 7.11 Å². The Morgan fingerprint density at radius 1 is 1.19 bits per heavy atom. The van der Waals surface area contributed by atoms with Gasteiger partial charge in [0, 0.05) is 29.8 Å². The number of hydrogen-bond donors (Lipinski definition) is 2. The molecule has 2 aliphatic heterocycles. The Bertz CT molecular complexity index is 940. The number of carbonyl (C=O) groups is 3. The number of hydrogen-bond acceptors (Lipinski definition) is 6. The minimum absolute atomic E-state index is 0.0636. The molecule has 0 fully saturated rings. The summed E-state index contributed by atoms with van der Waals surface area (Å²) in [6.45, 7) is -0.0636. The number of anilines is 2. The Kier molecular flexibility index (Phi) is 3.80. The lowest BCUT2D eigenvalue weighted by atomic mass is 9.87. The molecule has 0 saturated heterocycles. The SMILES string of the molecule is COC(=O)c1cccc([C@@H]2CC(=O)Nc3cc4c(cc32)NC(=O)CO4)n1. The molecule has 2 aromatic rings. The zero-order valence-corrected chi connectivity index (χ0v) is 13.9. The van der Waals surface area contributed by atoms with Crippen molar-refractivity contribution >= 4 is 29.2 Å². The Hall–Kier alpha value is -3.42. The van der Waals surface area contributed by atoms with E-state index in [2.05, 4.69) is 15.6 Å². The van der Waals surface area contributed by atoms with Gasteiger partial charge in [-0.25, -0.2) is 9.78 Å². The average molecular weight is 353 g/mol. The molecule has 3 heterocycles. The molecule has 8 heteroatoms. The molecule has 1 atom stereocenters. The van der Waals surface area contributed by atoms with E-state index in [1.807, 2.05) is 0 Å². The summed E-state index contributed by atoms with van der Waals surface area (Å²) in [4.78, 5) is 39.9. The van der Waals surface area contributed by atoms with Crippen molar-refractivity contribution in [3.63, 3.8) is 0 Å². The number of esters is 1. The number of methoxy groups -OCH3 is 1. The van der Waals surface area contributed by atoms with Crippen LogP contribution in [-0.4, -0.2) is 36.5 Å². The van der Waals surface area contributed by atoms with Crippen LogP contribution in [0.25, 0.3) is 0 Å². The van der Waals surface area contributed by atoms with Crippen LogP contribution in [0.3, 0.4) is 0 Å². The number of carbonyl (C=O) groups excluding carboxylic acids is 3. The van der Waals surface area contributed by atoms with E-state index in [4.69, 9.17) is 9.47 Å². The Morgan fingerprint density at radius 3 is 2.81 bits per heavy atom. The van der Waals surface area contributed by atoms with E-state index < -0.39 is 5.97 Å². The van der Waals surface area contributed by atoms with Gasteiger partial charge in [-0.05, 0) is 23.8 Å². The van der Waals surface area contributed by atoms with Crippen molar-refractivity contribution in [3.05, 3.63) is 47.3 Å². The largest absolute Gasteiger partial charge is 0.482 e. The maximum absolute atomic E-state index is 12.2. The lowest BCUT2D eigenvalue weighted by Crippen LogP contribution is -2.28. The highest BCUT2D eigenvalue weighted by Crippen LogP contribution is 2.42. The van der Waals surface area contributed by atoms with E-state index in [0.717, 1.165) is 5.56 Å². The molecule has 0 spiro atoms. The first kappa shape index (κ1) is 16.1. The number of ether oxygens (including phenoxy) is 2. The van der Waals surface area contributed by atoms with Gasteiger partial charge in [-0.2, -0.15) is 0 Å². The van der Waals surface area contributed by atoms with Crippen LogP contribution in [0.2, 0.25) is 0 Å². The Morgan fingerprint density at radius 2 is 2.00 bits per heavy atom. The maximum Gasteiger partial charge on any atom is 0.356 e. The number of benzene rings is 1. The molecule has 1 aromatic heterocycles.